The van der Waals surface area contributed by atoms with E-state index in [1.54, 1.807) is 18.3 Å². The number of hydrogen-bond acceptors (Lipinski definition) is 2. The van der Waals surface area contributed by atoms with Gasteiger partial charge in [0.25, 0.3) is 0 Å². The molecule has 2 aromatic rings. The van der Waals surface area contributed by atoms with Gasteiger partial charge in [-0.05, 0) is 42.2 Å². The fourth-order valence-corrected chi connectivity index (χ4v) is 2.00. The van der Waals surface area contributed by atoms with Crippen LogP contribution < -0.4 is 24.8 Å². The average molecular weight is 415 g/mol. The third kappa shape index (κ3) is 6.24. The first-order valence-corrected chi connectivity index (χ1v) is 6.68. The molecule has 2 aromatic carbocycles. The predicted molar refractivity (Wildman–Crippen MR) is 80.6 cm³/mol. The molecule has 0 aliphatic carbocycles. The number of rotatable bonds is 4. The van der Waals surface area contributed by atoms with E-state index in [-0.39, 0.29) is 56.8 Å². The number of phenolic OH excluding ortho intramolecular Hbond substituents is 1. The minimum atomic E-state index is 0. The zero-order valence-corrected chi connectivity index (χ0v) is 16.7. The molecule has 0 aromatic heterocycles. The van der Waals surface area contributed by atoms with Gasteiger partial charge in [-0.15, -0.1) is 0 Å². The van der Waals surface area contributed by atoms with E-state index in [4.69, 9.17) is 0 Å². The number of halogens is 2. The van der Waals surface area contributed by atoms with Crippen LogP contribution in [0.4, 0.5) is 5.69 Å². The zero-order valence-electron chi connectivity index (χ0n) is 12.7. The predicted octanol–water partition coefficient (Wildman–Crippen LogP) is -1.73. The van der Waals surface area contributed by atoms with Crippen LogP contribution in [0.1, 0.15) is 30.5 Å². The molecule has 0 unspecified atom stereocenters. The van der Waals surface area contributed by atoms with Gasteiger partial charge >= 0.3 is 26.2 Å². The Morgan fingerprint density at radius 1 is 1.00 bits per heavy atom. The van der Waals surface area contributed by atoms with Gasteiger partial charge in [0.05, 0.1) is 5.69 Å². The summed E-state index contributed by atoms with van der Waals surface area (Å²) in [5.74, 6) is 0.259. The fraction of sp³-hybridized carbons (Fsp3) is 0.235. The molecule has 2 rings (SSSR count). The summed E-state index contributed by atoms with van der Waals surface area (Å²) in [5, 5.41) is 9.71. The van der Waals surface area contributed by atoms with Gasteiger partial charge in [0.1, 0.15) is 5.75 Å². The maximum atomic E-state index is 9.71. The molecule has 2 nitrogen and oxygen atoms in total. The Bertz CT molecular complexity index is 603. The Balaban J connectivity index is 0. The van der Waals surface area contributed by atoms with Crippen molar-refractivity contribution in [2.24, 2.45) is 4.99 Å². The van der Waals surface area contributed by atoms with E-state index in [0.29, 0.717) is 0 Å². The van der Waals surface area contributed by atoms with Crippen molar-refractivity contribution >= 4 is 11.9 Å². The number of phenols is 1. The molecule has 0 aliphatic rings. The van der Waals surface area contributed by atoms with Crippen molar-refractivity contribution in [3.05, 3.63) is 59.2 Å². The average Bonchev–Trinajstić information content (AvgIpc) is 2.46. The molecule has 0 bridgehead atoms. The molecule has 0 radical (unpaired) electrons. The third-order valence-corrected chi connectivity index (χ3v) is 3.21. The first-order valence-electron chi connectivity index (χ1n) is 6.68. The Morgan fingerprint density at radius 2 is 1.68 bits per heavy atom. The molecule has 0 saturated heterocycles. The second-order valence-corrected chi connectivity index (χ2v) is 4.49. The second-order valence-electron chi connectivity index (χ2n) is 4.49. The maximum absolute atomic E-state index is 9.71. The van der Waals surface area contributed by atoms with Crippen LogP contribution in [0.2, 0.25) is 0 Å². The number of nitrogens with zero attached hydrogens (tertiary/aromatic N) is 1. The Kier molecular flexibility index (Phi) is 12.8. The van der Waals surface area contributed by atoms with E-state index in [0.717, 1.165) is 24.1 Å². The molecule has 22 heavy (non-hydrogen) atoms. The van der Waals surface area contributed by atoms with Crippen LogP contribution in [0.15, 0.2) is 47.5 Å². The molecule has 0 amide bonds. The summed E-state index contributed by atoms with van der Waals surface area (Å²) >= 11 is 0. The van der Waals surface area contributed by atoms with Gasteiger partial charge in [-0.2, -0.15) is 0 Å². The summed E-state index contributed by atoms with van der Waals surface area (Å²) < 4.78 is 0. The van der Waals surface area contributed by atoms with Gasteiger partial charge in [-0.3, -0.25) is 4.99 Å². The van der Waals surface area contributed by atoms with Crippen LogP contribution in [-0.4, -0.2) is 11.3 Å². The molecule has 0 fully saturated rings. The first kappa shape index (κ1) is 23.6. The molecule has 5 heteroatoms. The summed E-state index contributed by atoms with van der Waals surface area (Å²) in [7, 11) is 0. The van der Waals surface area contributed by atoms with Crippen molar-refractivity contribution < 1.29 is 56.1 Å². The van der Waals surface area contributed by atoms with Crippen molar-refractivity contribution in [2.45, 2.75) is 26.7 Å². The standard InChI is InChI=1S/C17H19NO.2ClH.Zr/c1-3-13-9-10-16(14(4-2)11-13)18-12-15-7-5-6-8-17(15)19;;;/h5-12,19H,3-4H2,1-2H3;2*1H;/q;;;+2/p-2. The number of aliphatic imine (C=N–C) groups is 1. The molecule has 0 atom stereocenters. The van der Waals surface area contributed by atoms with E-state index >= 15 is 0 Å². The molecule has 0 saturated carbocycles. The minimum Gasteiger partial charge on any atom is -1.00 e. The van der Waals surface area contributed by atoms with Crippen molar-refractivity contribution in [1.82, 2.24) is 0 Å². The normalized spacial score (nSPS) is 9.55. The van der Waals surface area contributed by atoms with Crippen LogP contribution in [-0.2, 0) is 39.0 Å². The minimum absolute atomic E-state index is 0. The van der Waals surface area contributed by atoms with E-state index in [1.807, 2.05) is 18.2 Å². The van der Waals surface area contributed by atoms with Gasteiger partial charge in [0, 0.05) is 11.8 Å². The number of para-hydroxylation sites is 1. The van der Waals surface area contributed by atoms with Gasteiger partial charge in [0.15, 0.2) is 0 Å². The summed E-state index contributed by atoms with van der Waals surface area (Å²) in [6, 6.07) is 13.6. The molecule has 116 valence electrons. The van der Waals surface area contributed by atoms with Crippen LogP contribution in [0.3, 0.4) is 0 Å². The Morgan fingerprint density at radius 3 is 2.27 bits per heavy atom. The largest absolute Gasteiger partial charge is 2.00 e. The van der Waals surface area contributed by atoms with Gasteiger partial charge < -0.3 is 29.9 Å². The summed E-state index contributed by atoms with van der Waals surface area (Å²) in [4.78, 5) is 4.50. The number of hydrogen-bond donors (Lipinski definition) is 1. The smallest absolute Gasteiger partial charge is 1.00 e. The van der Waals surface area contributed by atoms with Crippen LogP contribution in [0, 0.1) is 0 Å². The third-order valence-electron chi connectivity index (χ3n) is 3.21. The fourth-order valence-electron chi connectivity index (χ4n) is 2.00. The van der Waals surface area contributed by atoms with E-state index in [9.17, 15) is 5.11 Å². The van der Waals surface area contributed by atoms with Crippen LogP contribution in [0.5, 0.6) is 5.75 Å². The first-order chi connectivity index (χ1) is 9.24. The second kappa shape index (κ2) is 11.9. The molecule has 1 N–H and O–H groups in total. The van der Waals surface area contributed by atoms with E-state index < -0.39 is 0 Å². The number of aryl methyl sites for hydroxylation is 2. The Labute approximate surface area is 164 Å². The number of benzene rings is 2. The van der Waals surface area contributed by atoms with Gasteiger partial charge in [-0.1, -0.05) is 38.1 Å². The van der Waals surface area contributed by atoms with Crippen molar-refractivity contribution in [3.63, 3.8) is 0 Å². The van der Waals surface area contributed by atoms with Crippen molar-refractivity contribution in [1.29, 1.82) is 0 Å². The van der Waals surface area contributed by atoms with E-state index in [1.165, 1.54) is 11.1 Å². The monoisotopic (exact) mass is 413 g/mol. The van der Waals surface area contributed by atoms with Crippen LogP contribution >= 0.6 is 0 Å². The number of aromatic hydroxyl groups is 1. The summed E-state index contributed by atoms with van der Waals surface area (Å²) in [6.07, 6.45) is 3.72. The van der Waals surface area contributed by atoms with Gasteiger partial charge in [0.2, 0.25) is 0 Å². The van der Waals surface area contributed by atoms with Crippen LogP contribution in [0.25, 0.3) is 0 Å². The molecule has 0 aliphatic heterocycles. The zero-order chi connectivity index (χ0) is 13.7. The molecule has 0 spiro atoms. The topological polar surface area (TPSA) is 32.6 Å². The molecular formula is C17H19Cl2NOZr. The summed E-state index contributed by atoms with van der Waals surface area (Å²) in [5.41, 5.74) is 4.29. The van der Waals surface area contributed by atoms with Crippen molar-refractivity contribution in [3.8, 4) is 5.75 Å². The van der Waals surface area contributed by atoms with Gasteiger partial charge in [-0.25, -0.2) is 0 Å². The molecular weight excluding hydrogens is 396 g/mol. The van der Waals surface area contributed by atoms with Crippen molar-refractivity contribution in [2.75, 3.05) is 0 Å². The molecule has 0 heterocycles. The summed E-state index contributed by atoms with van der Waals surface area (Å²) in [6.45, 7) is 4.29. The maximum Gasteiger partial charge on any atom is 2.00 e. The SMILES string of the molecule is CCc1ccc(N=Cc2ccccc2O)c(CC)c1.[Cl-].[Cl-].[Zr+2]. The van der Waals surface area contributed by atoms with E-state index in [2.05, 4.69) is 31.0 Å². The quantitative estimate of drug-likeness (QED) is 0.592. The Hall–Kier alpha value is -0.627.